The van der Waals surface area contributed by atoms with E-state index in [4.69, 9.17) is 4.74 Å². The van der Waals surface area contributed by atoms with E-state index in [1.165, 1.54) is 36.2 Å². The molecule has 2 unspecified atom stereocenters. The van der Waals surface area contributed by atoms with Crippen molar-refractivity contribution in [1.29, 1.82) is 0 Å². The maximum Gasteiger partial charge on any atom is 0.258 e. The fraction of sp³-hybridized carbons (Fsp3) is 0.500. The van der Waals surface area contributed by atoms with Crippen molar-refractivity contribution in [2.75, 3.05) is 20.2 Å². The van der Waals surface area contributed by atoms with Crippen molar-refractivity contribution in [3.8, 4) is 5.88 Å². The van der Waals surface area contributed by atoms with Gasteiger partial charge in [0.25, 0.3) is 5.92 Å². The molecule has 1 aliphatic heterocycles. The van der Waals surface area contributed by atoms with Crippen molar-refractivity contribution in [3.05, 3.63) is 58.0 Å². The number of aromatic nitrogens is 2. The molecule has 194 valence electrons. The summed E-state index contributed by atoms with van der Waals surface area (Å²) in [5.74, 6) is -4.49. The van der Waals surface area contributed by atoms with Gasteiger partial charge in [0.15, 0.2) is 0 Å². The van der Waals surface area contributed by atoms with Crippen LogP contribution in [0.5, 0.6) is 5.88 Å². The fourth-order valence-electron chi connectivity index (χ4n) is 4.86. The predicted octanol–water partition coefficient (Wildman–Crippen LogP) is 3.97. The summed E-state index contributed by atoms with van der Waals surface area (Å²) < 4.78 is 34.8. The first kappa shape index (κ1) is 26.5. The van der Waals surface area contributed by atoms with Crippen molar-refractivity contribution in [2.45, 2.75) is 68.9 Å². The van der Waals surface area contributed by atoms with Crippen LogP contribution < -0.4 is 10.1 Å². The minimum atomic E-state index is -3.02. The van der Waals surface area contributed by atoms with Gasteiger partial charge in [0.05, 0.1) is 42.6 Å². The molecule has 2 heterocycles. The Hall–Kier alpha value is -2.56. The van der Waals surface area contributed by atoms with E-state index in [9.17, 15) is 18.7 Å². The first-order valence-electron chi connectivity index (χ1n) is 12.1. The van der Waals surface area contributed by atoms with Gasteiger partial charge in [0.1, 0.15) is 5.69 Å². The largest absolute Gasteiger partial charge is 0.480 e. The molecule has 2 atom stereocenters. The lowest BCUT2D eigenvalue weighted by atomic mass is 9.89. The number of nitrogens with one attached hydrogen (secondary N) is 1. The van der Waals surface area contributed by atoms with E-state index in [0.29, 0.717) is 5.03 Å². The first-order chi connectivity index (χ1) is 17.1. The number of carbonyl (C=O) groups is 1. The van der Waals surface area contributed by atoms with E-state index in [1.807, 2.05) is 0 Å². The molecule has 1 fully saturated rings. The van der Waals surface area contributed by atoms with Gasteiger partial charge in [-0.2, -0.15) is 0 Å². The number of hydrogen-bond acceptors (Lipinski definition) is 7. The van der Waals surface area contributed by atoms with Gasteiger partial charge < -0.3 is 15.2 Å². The van der Waals surface area contributed by atoms with Crippen molar-refractivity contribution in [2.24, 2.45) is 0 Å². The summed E-state index contributed by atoms with van der Waals surface area (Å²) in [5.41, 5.74) is 4.05. The van der Waals surface area contributed by atoms with Gasteiger partial charge >= 0.3 is 0 Å². The van der Waals surface area contributed by atoms with E-state index in [2.05, 4.69) is 40.9 Å². The number of fused-ring (bicyclic) bond motifs is 1. The predicted molar refractivity (Wildman–Crippen MR) is 134 cm³/mol. The van der Waals surface area contributed by atoms with E-state index in [0.717, 1.165) is 29.7 Å². The zero-order valence-corrected chi connectivity index (χ0v) is 21.6. The number of aliphatic hydroxyl groups excluding tert-OH is 1. The lowest BCUT2D eigenvalue weighted by Crippen LogP contribution is -2.53. The lowest BCUT2D eigenvalue weighted by Gasteiger charge is -2.40. The Kier molecular flexibility index (Phi) is 7.96. The number of amides is 1. The number of likely N-dealkylation sites (tertiary alicyclic amines) is 1. The molecular weight excluding hydrogens is 486 g/mol. The van der Waals surface area contributed by atoms with Gasteiger partial charge in [0, 0.05) is 24.4 Å². The van der Waals surface area contributed by atoms with Crippen LogP contribution in [-0.2, 0) is 24.2 Å². The number of nitrogens with zero attached hydrogens (tertiary/aromatic N) is 3. The second kappa shape index (κ2) is 10.8. The summed E-state index contributed by atoms with van der Waals surface area (Å²) in [6, 6.07) is 3.74. The minimum Gasteiger partial charge on any atom is -0.480 e. The summed E-state index contributed by atoms with van der Waals surface area (Å²) in [6.45, 7) is 7.28. The normalized spacial score (nSPS) is 20.0. The van der Waals surface area contributed by atoms with Crippen LogP contribution in [0.25, 0.3) is 0 Å². The van der Waals surface area contributed by atoms with Crippen molar-refractivity contribution in [1.82, 2.24) is 20.2 Å². The molecule has 7 nitrogen and oxygen atoms in total. The minimum absolute atomic E-state index is 0.0641. The summed E-state index contributed by atoms with van der Waals surface area (Å²) >= 11 is 1.41. The highest BCUT2D eigenvalue weighted by Gasteiger charge is 2.47. The Labute approximate surface area is 214 Å². The van der Waals surface area contributed by atoms with Crippen LogP contribution >= 0.6 is 11.8 Å². The Morgan fingerprint density at radius 3 is 2.81 bits per heavy atom. The number of carbonyl (C=O) groups excluding carboxylic acids is 1. The number of thioether (sulfide) groups is 1. The molecule has 1 aromatic carbocycles. The Morgan fingerprint density at radius 2 is 2.11 bits per heavy atom. The van der Waals surface area contributed by atoms with Crippen LogP contribution in [0.15, 0.2) is 34.8 Å². The molecule has 36 heavy (non-hydrogen) atoms. The maximum absolute atomic E-state index is 14.9. The van der Waals surface area contributed by atoms with E-state index in [-0.39, 0.29) is 36.3 Å². The topological polar surface area (TPSA) is 87.6 Å². The second-order valence-corrected chi connectivity index (χ2v) is 10.5. The number of hydrogen-bond donors (Lipinski definition) is 2. The highest BCUT2D eigenvalue weighted by Crippen LogP contribution is 2.40. The number of methoxy groups -OCH3 is 1. The third kappa shape index (κ3) is 5.55. The maximum atomic E-state index is 14.9. The van der Waals surface area contributed by atoms with Crippen LogP contribution in [0.1, 0.15) is 53.8 Å². The average Bonchev–Trinajstić information content (AvgIpc) is 3.30. The van der Waals surface area contributed by atoms with Crippen LogP contribution in [0.2, 0.25) is 0 Å². The quantitative estimate of drug-likeness (QED) is 0.512. The first-order valence-corrected chi connectivity index (χ1v) is 12.9. The average molecular weight is 519 g/mol. The Bertz CT molecular complexity index is 1160. The van der Waals surface area contributed by atoms with Crippen molar-refractivity contribution in [3.63, 3.8) is 0 Å². The zero-order chi connectivity index (χ0) is 26.0. The number of aliphatic hydroxyl groups is 1. The van der Waals surface area contributed by atoms with Gasteiger partial charge in [-0.15, -0.1) is 0 Å². The van der Waals surface area contributed by atoms with Gasteiger partial charge in [-0.05, 0) is 55.9 Å². The molecule has 10 heteroatoms. The molecule has 1 aliphatic carbocycles. The zero-order valence-electron chi connectivity index (χ0n) is 20.8. The lowest BCUT2D eigenvalue weighted by molar-refractivity contribution is -0.129. The summed E-state index contributed by atoms with van der Waals surface area (Å²) in [5, 5.41) is 12.9. The molecule has 2 aromatic rings. The SMILES string of the molecule is C=C(NC(=O)C(C)N1CCC(F)(F)C(c2cnc(OC)c(CO)n2)C1)Sc1cc2c(cc1C)CCC2. The van der Waals surface area contributed by atoms with Gasteiger partial charge in [0.2, 0.25) is 11.8 Å². The van der Waals surface area contributed by atoms with Gasteiger partial charge in [-0.25, -0.2) is 18.7 Å². The van der Waals surface area contributed by atoms with Crippen molar-refractivity contribution >= 4 is 17.7 Å². The molecule has 0 radical (unpaired) electrons. The Morgan fingerprint density at radius 1 is 1.39 bits per heavy atom. The molecule has 1 amide bonds. The molecule has 4 rings (SSSR count). The monoisotopic (exact) mass is 518 g/mol. The third-order valence-electron chi connectivity index (χ3n) is 7.00. The molecular formula is C26H32F2N4O3S. The second-order valence-electron chi connectivity index (χ2n) is 9.40. The molecule has 0 saturated carbocycles. The van der Waals surface area contributed by atoms with Crippen molar-refractivity contribution < 1.29 is 23.4 Å². The number of alkyl halides is 2. The number of rotatable bonds is 8. The fourth-order valence-corrected chi connectivity index (χ4v) is 5.70. The summed E-state index contributed by atoms with van der Waals surface area (Å²) in [4.78, 5) is 24.0. The van der Waals surface area contributed by atoms with Crippen LogP contribution in [0.4, 0.5) is 8.78 Å². The summed E-state index contributed by atoms with van der Waals surface area (Å²) in [6.07, 6.45) is 4.18. The molecule has 1 saturated heterocycles. The molecule has 2 N–H and O–H groups in total. The van der Waals surface area contributed by atoms with E-state index in [1.54, 1.807) is 11.8 Å². The van der Waals surface area contributed by atoms with Crippen LogP contribution in [0, 0.1) is 6.92 Å². The standard InChI is InChI=1S/C26H32F2N4O3S/c1-15-10-18-6-5-7-19(18)11-23(15)36-17(3)30-24(34)16(2)32-9-8-26(27,28)20(13-32)21-12-29-25(35-4)22(14-33)31-21/h10-12,16,20,33H,3,5-9,13-14H2,1-2,4H3,(H,30,34). The molecule has 0 spiro atoms. The molecule has 2 aliphatic rings. The molecule has 1 aromatic heterocycles. The summed E-state index contributed by atoms with van der Waals surface area (Å²) in [7, 11) is 1.37. The van der Waals surface area contributed by atoms with E-state index < -0.39 is 30.9 Å². The number of ether oxygens (including phenoxy) is 1. The smallest absolute Gasteiger partial charge is 0.258 e. The van der Waals surface area contributed by atoms with Gasteiger partial charge in [-0.1, -0.05) is 24.4 Å². The van der Waals surface area contributed by atoms with Gasteiger partial charge in [-0.3, -0.25) is 9.69 Å². The highest BCUT2D eigenvalue weighted by molar-refractivity contribution is 8.03. The number of piperidine rings is 1. The van der Waals surface area contributed by atoms with Crippen LogP contribution in [0.3, 0.4) is 0 Å². The third-order valence-corrected chi connectivity index (χ3v) is 8.00. The van der Waals surface area contributed by atoms with Crippen LogP contribution in [-0.4, -0.2) is 58.0 Å². The number of benzene rings is 1. The van der Waals surface area contributed by atoms with E-state index >= 15 is 0 Å². The highest BCUT2D eigenvalue weighted by atomic mass is 32.2. The Balaban J connectivity index is 1.42. The number of halogens is 2. The molecule has 0 bridgehead atoms. The number of aryl methyl sites for hydroxylation is 3.